The molecular weight excluding hydrogens is 128 g/mol. The molecule has 3 nitrogen and oxygen atoms in total. The predicted octanol–water partition coefficient (Wildman–Crippen LogP) is 0.155. The molecular formula is C7H14N2O. The van der Waals surface area contributed by atoms with Crippen LogP contribution in [0.2, 0.25) is 0 Å². The minimum absolute atomic E-state index is 0.206. The summed E-state index contributed by atoms with van der Waals surface area (Å²) in [5, 5.41) is 0. The quantitative estimate of drug-likeness (QED) is 0.435. The maximum Gasteiger partial charge on any atom is 0.149 e. The fraction of sp³-hybridized carbons (Fsp3) is 0.571. The minimum Gasteiger partial charge on any atom is -0.402 e. The Hall–Kier alpha value is -0.830. The first-order valence-corrected chi connectivity index (χ1v) is 3.30. The molecule has 0 saturated carbocycles. The van der Waals surface area contributed by atoms with Gasteiger partial charge in [-0.2, -0.15) is 0 Å². The molecule has 3 heteroatoms. The molecule has 0 unspecified atom stereocenters. The van der Waals surface area contributed by atoms with Crippen molar-refractivity contribution in [2.24, 2.45) is 11.5 Å². The van der Waals surface area contributed by atoms with Crippen LogP contribution in [0.5, 0.6) is 0 Å². The average Bonchev–Trinajstić information content (AvgIpc) is 1.88. The molecule has 0 fully saturated rings. The summed E-state index contributed by atoms with van der Waals surface area (Å²) in [5.41, 5.74) is 12.0. The molecule has 1 atom stereocenters. The van der Waals surface area contributed by atoms with Crippen LogP contribution in [0.3, 0.4) is 0 Å². The van der Waals surface area contributed by atoms with E-state index in [1.54, 1.807) is 6.92 Å². The first-order chi connectivity index (χ1) is 4.63. The minimum atomic E-state index is -0.206. The van der Waals surface area contributed by atoms with Gasteiger partial charge in [0.2, 0.25) is 0 Å². The van der Waals surface area contributed by atoms with E-state index in [-0.39, 0.29) is 6.04 Å². The highest BCUT2D eigenvalue weighted by Crippen LogP contribution is 2.02. The number of carbonyl (C=O) groups excluding carboxylic acids is 1. The van der Waals surface area contributed by atoms with Crippen molar-refractivity contribution in [3.05, 3.63) is 11.3 Å². The second kappa shape index (κ2) is 4.06. The van der Waals surface area contributed by atoms with Gasteiger partial charge in [0.15, 0.2) is 0 Å². The van der Waals surface area contributed by atoms with Gasteiger partial charge in [0.1, 0.15) is 6.29 Å². The van der Waals surface area contributed by atoms with Gasteiger partial charge >= 0.3 is 0 Å². The van der Waals surface area contributed by atoms with Crippen LogP contribution in [0, 0.1) is 0 Å². The largest absolute Gasteiger partial charge is 0.402 e. The molecule has 0 spiro atoms. The first kappa shape index (κ1) is 9.17. The number of hydrogen-bond acceptors (Lipinski definition) is 3. The van der Waals surface area contributed by atoms with Crippen molar-refractivity contribution in [3.63, 3.8) is 0 Å². The Morgan fingerprint density at radius 2 is 2.20 bits per heavy atom. The van der Waals surface area contributed by atoms with Crippen LogP contribution in [0.4, 0.5) is 0 Å². The maximum atomic E-state index is 10.3. The Balaban J connectivity index is 4.36. The van der Waals surface area contributed by atoms with Gasteiger partial charge in [-0.3, -0.25) is 4.79 Å². The Kier molecular flexibility index (Phi) is 3.72. The number of nitrogens with two attached hydrogens (primary N) is 2. The summed E-state index contributed by atoms with van der Waals surface area (Å²) < 4.78 is 0. The third-order valence-electron chi connectivity index (χ3n) is 1.42. The van der Waals surface area contributed by atoms with Gasteiger partial charge in [0.25, 0.3) is 0 Å². The van der Waals surface area contributed by atoms with Gasteiger partial charge < -0.3 is 11.5 Å². The fourth-order valence-electron chi connectivity index (χ4n) is 0.693. The molecule has 0 saturated heterocycles. The Morgan fingerprint density at radius 3 is 2.30 bits per heavy atom. The monoisotopic (exact) mass is 142 g/mol. The number of aldehydes is 1. The zero-order chi connectivity index (χ0) is 8.15. The molecule has 0 aliphatic heterocycles. The van der Waals surface area contributed by atoms with Crippen LogP contribution in [0.15, 0.2) is 11.3 Å². The van der Waals surface area contributed by atoms with Gasteiger partial charge in [-0.15, -0.1) is 0 Å². The zero-order valence-corrected chi connectivity index (χ0v) is 6.42. The molecule has 4 N–H and O–H groups in total. The van der Waals surface area contributed by atoms with E-state index in [0.717, 1.165) is 12.7 Å². The van der Waals surface area contributed by atoms with E-state index in [4.69, 9.17) is 11.5 Å². The molecule has 0 heterocycles. The lowest BCUT2D eigenvalue weighted by Crippen LogP contribution is -2.24. The van der Waals surface area contributed by atoms with E-state index in [0.29, 0.717) is 11.3 Å². The highest BCUT2D eigenvalue weighted by molar-refractivity contribution is 5.75. The van der Waals surface area contributed by atoms with Crippen molar-refractivity contribution < 1.29 is 4.79 Å². The Bertz CT molecular complexity index is 148. The van der Waals surface area contributed by atoms with Crippen LogP contribution >= 0.6 is 0 Å². The predicted molar refractivity (Wildman–Crippen MR) is 41.2 cm³/mol. The number of hydrogen-bond donors (Lipinski definition) is 2. The number of carbonyl (C=O) groups is 1. The molecule has 0 rings (SSSR count). The zero-order valence-electron chi connectivity index (χ0n) is 6.42. The second-order valence-electron chi connectivity index (χ2n) is 2.27. The van der Waals surface area contributed by atoms with Gasteiger partial charge in [-0.05, 0) is 13.3 Å². The van der Waals surface area contributed by atoms with Gasteiger partial charge in [0, 0.05) is 17.3 Å². The third-order valence-corrected chi connectivity index (χ3v) is 1.42. The average molecular weight is 142 g/mol. The van der Waals surface area contributed by atoms with Gasteiger partial charge in [-0.1, -0.05) is 6.92 Å². The number of rotatable bonds is 3. The molecule has 0 aliphatic rings. The van der Waals surface area contributed by atoms with Crippen LogP contribution in [0.25, 0.3) is 0 Å². The van der Waals surface area contributed by atoms with Crippen molar-refractivity contribution in [1.82, 2.24) is 0 Å². The van der Waals surface area contributed by atoms with Crippen LogP contribution in [0.1, 0.15) is 20.3 Å². The molecule has 0 radical (unpaired) electrons. The van der Waals surface area contributed by atoms with Gasteiger partial charge in [0.05, 0.1) is 0 Å². The van der Waals surface area contributed by atoms with Crippen molar-refractivity contribution >= 4 is 6.29 Å². The highest BCUT2D eigenvalue weighted by atomic mass is 16.1. The summed E-state index contributed by atoms with van der Waals surface area (Å²) in [6, 6.07) is -0.206. The van der Waals surface area contributed by atoms with Crippen LogP contribution < -0.4 is 11.5 Å². The topological polar surface area (TPSA) is 69.1 Å². The molecule has 10 heavy (non-hydrogen) atoms. The Labute approximate surface area is 61.1 Å². The Morgan fingerprint density at radius 1 is 1.70 bits per heavy atom. The van der Waals surface area contributed by atoms with E-state index in [2.05, 4.69) is 0 Å². The lowest BCUT2D eigenvalue weighted by atomic mass is 10.1. The van der Waals surface area contributed by atoms with Crippen molar-refractivity contribution in [2.45, 2.75) is 26.3 Å². The summed E-state index contributed by atoms with van der Waals surface area (Å²) in [6.45, 7) is 3.59. The van der Waals surface area contributed by atoms with E-state index in [9.17, 15) is 4.79 Å². The normalized spacial score (nSPS) is 15.9. The van der Waals surface area contributed by atoms with Gasteiger partial charge in [-0.25, -0.2) is 0 Å². The van der Waals surface area contributed by atoms with Crippen molar-refractivity contribution in [1.29, 1.82) is 0 Å². The molecule has 58 valence electrons. The standard InChI is InChI=1S/C7H14N2O/c1-3-7(9)6(4-10)5(2)8/h4,7H,3,8-9H2,1-2H3/t7-/m0/s1. The van der Waals surface area contributed by atoms with E-state index >= 15 is 0 Å². The molecule has 0 bridgehead atoms. The second-order valence-corrected chi connectivity index (χ2v) is 2.27. The third kappa shape index (κ3) is 2.19. The number of allylic oxidation sites excluding steroid dienone is 1. The summed E-state index contributed by atoms with van der Waals surface area (Å²) in [7, 11) is 0. The smallest absolute Gasteiger partial charge is 0.149 e. The van der Waals surface area contributed by atoms with E-state index < -0.39 is 0 Å². The van der Waals surface area contributed by atoms with E-state index in [1.807, 2.05) is 6.92 Å². The first-order valence-electron chi connectivity index (χ1n) is 3.30. The van der Waals surface area contributed by atoms with Crippen LogP contribution in [-0.2, 0) is 4.79 Å². The summed E-state index contributed by atoms with van der Waals surface area (Å²) in [6.07, 6.45) is 1.46. The SMILES string of the molecule is CC[C@H](N)C(C=O)=C(C)N. The van der Waals surface area contributed by atoms with Crippen LogP contribution in [-0.4, -0.2) is 12.3 Å². The van der Waals surface area contributed by atoms with E-state index in [1.165, 1.54) is 0 Å². The molecule has 0 amide bonds. The fourth-order valence-corrected chi connectivity index (χ4v) is 0.693. The van der Waals surface area contributed by atoms with Crippen molar-refractivity contribution in [2.75, 3.05) is 0 Å². The molecule has 0 aromatic heterocycles. The van der Waals surface area contributed by atoms with Crippen molar-refractivity contribution in [3.8, 4) is 0 Å². The summed E-state index contributed by atoms with van der Waals surface area (Å²) in [4.78, 5) is 10.3. The lowest BCUT2D eigenvalue weighted by Gasteiger charge is -2.08. The maximum absolute atomic E-state index is 10.3. The molecule has 0 aromatic rings. The summed E-state index contributed by atoms with van der Waals surface area (Å²) in [5.74, 6) is 0. The summed E-state index contributed by atoms with van der Waals surface area (Å²) >= 11 is 0. The molecule has 0 aromatic carbocycles. The molecule has 0 aliphatic carbocycles. The lowest BCUT2D eigenvalue weighted by molar-refractivity contribution is -0.105. The highest BCUT2D eigenvalue weighted by Gasteiger charge is 2.06.